The molecule has 0 radical (unpaired) electrons. The first-order chi connectivity index (χ1) is 15.6. The van der Waals surface area contributed by atoms with E-state index in [1.807, 2.05) is 0 Å². The molecule has 33 heavy (non-hydrogen) atoms. The van der Waals surface area contributed by atoms with E-state index in [-0.39, 0.29) is 27.4 Å². The lowest BCUT2D eigenvalue weighted by Crippen LogP contribution is -2.20. The maximum absolute atomic E-state index is 13.4. The fraction of sp³-hybridized carbons (Fsp3) is 0.0870. The van der Waals surface area contributed by atoms with Gasteiger partial charge in [-0.3, -0.25) is 9.59 Å². The molecular formula is C23H15NO9. The van der Waals surface area contributed by atoms with Gasteiger partial charge >= 0.3 is 5.97 Å². The van der Waals surface area contributed by atoms with E-state index in [9.17, 15) is 34.8 Å². The average Bonchev–Trinajstić information content (AvgIpc) is 2.77. The molecule has 0 fully saturated rings. The maximum atomic E-state index is 13.4. The third-order valence-corrected chi connectivity index (χ3v) is 5.01. The zero-order valence-corrected chi connectivity index (χ0v) is 16.9. The molecule has 2 aromatic heterocycles. The number of terminal acetylenes is 1. The van der Waals surface area contributed by atoms with Crippen LogP contribution in [0, 0.1) is 12.3 Å². The quantitative estimate of drug-likeness (QED) is 0.208. The number of phenols is 4. The van der Waals surface area contributed by atoms with Crippen molar-refractivity contribution in [2.75, 3.05) is 6.61 Å². The summed E-state index contributed by atoms with van der Waals surface area (Å²) in [6.07, 6.45) is 6.36. The predicted octanol–water partition coefficient (Wildman–Crippen LogP) is 1.92. The number of hydrogen-bond acceptors (Lipinski definition) is 9. The molecular weight excluding hydrogens is 434 g/mol. The fourth-order valence-electron chi connectivity index (χ4n) is 3.46. The average molecular weight is 449 g/mol. The van der Waals surface area contributed by atoms with Crippen LogP contribution < -0.4 is 10.9 Å². The smallest absolute Gasteiger partial charge is 0.376 e. The Bertz CT molecular complexity index is 1640. The van der Waals surface area contributed by atoms with Gasteiger partial charge in [0.2, 0.25) is 11.2 Å². The number of esters is 1. The molecule has 0 spiro atoms. The Labute approximate surface area is 184 Å². The Morgan fingerprint density at radius 3 is 2.27 bits per heavy atom. The summed E-state index contributed by atoms with van der Waals surface area (Å²) in [6, 6.07) is 4.07. The number of carbonyl (C=O) groups is 1. The number of benzene rings is 2. The minimum absolute atomic E-state index is 0.0544. The topological polar surface area (TPSA) is 159 Å². The van der Waals surface area contributed by atoms with Gasteiger partial charge in [0.25, 0.3) is 0 Å². The van der Waals surface area contributed by atoms with Crippen LogP contribution >= 0.6 is 0 Å². The molecule has 10 heteroatoms. The first-order valence-corrected chi connectivity index (χ1v) is 9.33. The van der Waals surface area contributed by atoms with Crippen molar-refractivity contribution < 1.29 is 34.4 Å². The predicted molar refractivity (Wildman–Crippen MR) is 116 cm³/mol. The molecule has 4 aromatic rings. The number of aromatic nitrogens is 1. The van der Waals surface area contributed by atoms with Crippen molar-refractivity contribution in [2.24, 2.45) is 7.05 Å². The number of aryl methyl sites for hydroxylation is 1. The van der Waals surface area contributed by atoms with Crippen molar-refractivity contribution in [3.63, 3.8) is 0 Å². The third-order valence-electron chi connectivity index (χ3n) is 5.01. The number of aromatic hydroxyl groups is 4. The zero-order valence-electron chi connectivity index (χ0n) is 16.9. The highest BCUT2D eigenvalue weighted by molar-refractivity contribution is 5.99. The molecule has 0 aliphatic heterocycles. The number of rotatable bonds is 3. The second-order valence-corrected chi connectivity index (χ2v) is 7.09. The van der Waals surface area contributed by atoms with Crippen LogP contribution in [-0.4, -0.2) is 37.6 Å². The van der Waals surface area contributed by atoms with Crippen molar-refractivity contribution >= 4 is 27.8 Å². The van der Waals surface area contributed by atoms with E-state index in [1.165, 1.54) is 23.9 Å². The van der Waals surface area contributed by atoms with E-state index in [0.717, 1.165) is 18.2 Å². The Balaban J connectivity index is 2.15. The van der Waals surface area contributed by atoms with Gasteiger partial charge in [-0.2, -0.15) is 0 Å². The number of ether oxygens (including phenoxy) is 1. The Hall–Kier alpha value is -4.91. The molecule has 166 valence electrons. The summed E-state index contributed by atoms with van der Waals surface area (Å²) < 4.78 is 11.8. The van der Waals surface area contributed by atoms with Gasteiger partial charge in [0, 0.05) is 25.4 Å². The molecule has 0 aliphatic rings. The number of carbonyl (C=O) groups excluding carboxylic acids is 1. The second kappa shape index (κ2) is 7.65. The van der Waals surface area contributed by atoms with E-state index in [2.05, 4.69) is 5.92 Å². The standard InChI is InChI=1S/C23H15NO9/c1-3-4-32-23(31)22-19(21(30)11-6-15(26)17(28)8-18(11)33-22)12-9-24(2)13-7-16(27)14(25)5-10(13)20(12)29/h1,5-9,25-28H,4H2,2H3. The van der Waals surface area contributed by atoms with E-state index in [0.29, 0.717) is 0 Å². The minimum atomic E-state index is -1.13. The molecule has 0 bridgehead atoms. The fourth-order valence-corrected chi connectivity index (χ4v) is 3.46. The summed E-state index contributed by atoms with van der Waals surface area (Å²) in [5, 5.41) is 39.0. The third kappa shape index (κ3) is 3.37. The highest BCUT2D eigenvalue weighted by atomic mass is 16.5. The van der Waals surface area contributed by atoms with E-state index < -0.39 is 57.8 Å². The van der Waals surface area contributed by atoms with Crippen molar-refractivity contribution in [3.8, 4) is 46.5 Å². The number of fused-ring (bicyclic) bond motifs is 2. The summed E-state index contributed by atoms with van der Waals surface area (Å²) in [6.45, 7) is -0.441. The van der Waals surface area contributed by atoms with Gasteiger partial charge in [0.15, 0.2) is 35.0 Å². The molecule has 0 saturated carbocycles. The molecule has 0 aliphatic carbocycles. The van der Waals surface area contributed by atoms with Crippen molar-refractivity contribution in [3.05, 3.63) is 56.7 Å². The number of pyridine rings is 1. The lowest BCUT2D eigenvalue weighted by Gasteiger charge is -2.13. The zero-order chi connectivity index (χ0) is 24.0. The molecule has 0 saturated heterocycles. The van der Waals surface area contributed by atoms with E-state index in [4.69, 9.17) is 15.6 Å². The van der Waals surface area contributed by atoms with Crippen LogP contribution in [0.3, 0.4) is 0 Å². The molecule has 0 unspecified atom stereocenters. The van der Waals surface area contributed by atoms with Gasteiger partial charge in [-0.25, -0.2) is 4.79 Å². The lowest BCUT2D eigenvalue weighted by molar-refractivity contribution is 0.0522. The summed E-state index contributed by atoms with van der Waals surface area (Å²) in [4.78, 5) is 39.3. The van der Waals surface area contributed by atoms with Crippen LogP contribution in [0.4, 0.5) is 0 Å². The highest BCUT2D eigenvalue weighted by Crippen LogP contribution is 2.33. The molecule has 0 atom stereocenters. The van der Waals surface area contributed by atoms with Crippen LogP contribution in [0.5, 0.6) is 23.0 Å². The molecule has 0 amide bonds. The summed E-state index contributed by atoms with van der Waals surface area (Å²) in [5.74, 6) is -1.91. The first-order valence-electron chi connectivity index (χ1n) is 9.33. The largest absolute Gasteiger partial charge is 0.504 e. The second-order valence-electron chi connectivity index (χ2n) is 7.09. The maximum Gasteiger partial charge on any atom is 0.376 e. The molecule has 4 rings (SSSR count). The van der Waals surface area contributed by atoms with Gasteiger partial charge in [-0.05, 0) is 12.1 Å². The van der Waals surface area contributed by atoms with E-state index >= 15 is 0 Å². The summed E-state index contributed by atoms with van der Waals surface area (Å²) >= 11 is 0. The Kier molecular flexibility index (Phi) is 4.95. The molecule has 2 heterocycles. The lowest BCUT2D eigenvalue weighted by atomic mass is 10.0. The Morgan fingerprint density at radius 1 is 1.00 bits per heavy atom. The normalized spacial score (nSPS) is 10.9. The number of nitrogens with zero attached hydrogens (tertiary/aromatic N) is 1. The van der Waals surface area contributed by atoms with Crippen LogP contribution in [0.15, 0.2) is 44.5 Å². The first kappa shape index (κ1) is 21.3. The number of phenolic OH excluding ortho intramolecular Hbond substituents is 4. The van der Waals surface area contributed by atoms with Crippen LogP contribution in [-0.2, 0) is 11.8 Å². The van der Waals surface area contributed by atoms with Crippen LogP contribution in [0.25, 0.3) is 33.0 Å². The SMILES string of the molecule is C#CCOC(=O)c1oc2cc(O)c(O)cc2c(=O)c1-c1cn(C)c2cc(O)c(O)cc2c1=O. The van der Waals surface area contributed by atoms with Crippen LogP contribution in [0.1, 0.15) is 10.6 Å². The molecule has 10 nitrogen and oxygen atoms in total. The van der Waals surface area contributed by atoms with Gasteiger partial charge in [-0.1, -0.05) is 5.92 Å². The minimum Gasteiger partial charge on any atom is -0.504 e. The molecule has 2 aromatic carbocycles. The van der Waals surface area contributed by atoms with Crippen molar-refractivity contribution in [1.29, 1.82) is 0 Å². The summed E-state index contributed by atoms with van der Waals surface area (Å²) in [7, 11) is 1.52. The highest BCUT2D eigenvalue weighted by Gasteiger charge is 2.27. The van der Waals surface area contributed by atoms with Crippen molar-refractivity contribution in [2.45, 2.75) is 0 Å². The van der Waals surface area contributed by atoms with Crippen LogP contribution in [0.2, 0.25) is 0 Å². The van der Waals surface area contributed by atoms with Gasteiger partial charge < -0.3 is 34.1 Å². The van der Waals surface area contributed by atoms with Gasteiger partial charge in [0.05, 0.1) is 27.4 Å². The number of hydrogen-bond donors (Lipinski definition) is 4. The molecule has 4 N–H and O–H groups in total. The van der Waals surface area contributed by atoms with Gasteiger partial charge in [-0.15, -0.1) is 6.42 Å². The van der Waals surface area contributed by atoms with Gasteiger partial charge in [0.1, 0.15) is 5.58 Å². The summed E-state index contributed by atoms with van der Waals surface area (Å²) in [5.41, 5.74) is -2.36. The van der Waals surface area contributed by atoms with Crippen molar-refractivity contribution in [1.82, 2.24) is 4.57 Å². The monoisotopic (exact) mass is 449 g/mol. The van der Waals surface area contributed by atoms with E-state index in [1.54, 1.807) is 0 Å². The Morgan fingerprint density at radius 2 is 1.61 bits per heavy atom.